The van der Waals surface area contributed by atoms with E-state index in [9.17, 15) is 4.79 Å². The molecule has 146 valence electrons. The number of pyridine rings is 1. The van der Waals surface area contributed by atoms with E-state index in [-0.39, 0.29) is 16.5 Å². The lowest BCUT2D eigenvalue weighted by molar-refractivity contribution is -0.111. The lowest BCUT2D eigenvalue weighted by atomic mass is 10.0. The third-order valence-electron chi connectivity index (χ3n) is 4.98. The molecular formula is C20H22ClN5O2. The largest absolute Gasteiger partial charge is 0.474 e. The predicted molar refractivity (Wildman–Crippen MR) is 109 cm³/mol. The zero-order valence-electron chi connectivity index (χ0n) is 15.7. The van der Waals surface area contributed by atoms with E-state index in [1.165, 1.54) is 12.8 Å². The van der Waals surface area contributed by atoms with Gasteiger partial charge in [0.05, 0.1) is 16.9 Å². The van der Waals surface area contributed by atoms with Gasteiger partial charge in [-0.25, -0.2) is 9.51 Å². The van der Waals surface area contributed by atoms with Gasteiger partial charge in [0, 0.05) is 18.3 Å². The van der Waals surface area contributed by atoms with Crippen molar-refractivity contribution in [3.63, 3.8) is 0 Å². The summed E-state index contributed by atoms with van der Waals surface area (Å²) in [5.74, 6) is 0.157. The maximum Gasteiger partial charge on any atom is 0.260 e. The number of rotatable bonds is 5. The first-order chi connectivity index (χ1) is 13.5. The number of carbonyl (C=O) groups excluding carboxylic acids is 1. The Kier molecular flexibility index (Phi) is 5.19. The first-order valence-corrected chi connectivity index (χ1v) is 9.72. The lowest BCUT2D eigenvalue weighted by Crippen LogP contribution is -2.25. The highest BCUT2D eigenvalue weighted by Gasteiger charge is 2.23. The molecule has 0 amide bonds. The van der Waals surface area contributed by atoms with Crippen LogP contribution in [-0.4, -0.2) is 52.3 Å². The van der Waals surface area contributed by atoms with Crippen LogP contribution in [0.5, 0.6) is 5.88 Å². The molecular weight excluding hydrogens is 378 g/mol. The summed E-state index contributed by atoms with van der Waals surface area (Å²) < 4.78 is 7.70. The van der Waals surface area contributed by atoms with Crippen molar-refractivity contribution in [3.05, 3.63) is 46.8 Å². The number of aromatic nitrogens is 2. The minimum Gasteiger partial charge on any atom is -0.474 e. The summed E-state index contributed by atoms with van der Waals surface area (Å²) in [7, 11) is 0. The summed E-state index contributed by atoms with van der Waals surface area (Å²) in [5.41, 5.74) is 8.50. The van der Waals surface area contributed by atoms with Crippen molar-refractivity contribution >= 4 is 34.3 Å². The predicted octanol–water partition coefficient (Wildman–Crippen LogP) is 2.82. The van der Waals surface area contributed by atoms with Crippen LogP contribution in [0.1, 0.15) is 19.8 Å². The molecule has 1 aliphatic carbocycles. The second kappa shape index (κ2) is 7.77. The van der Waals surface area contributed by atoms with Crippen molar-refractivity contribution in [2.24, 2.45) is 10.7 Å². The highest BCUT2D eigenvalue weighted by Crippen LogP contribution is 2.33. The Bertz CT molecular complexity index is 1010. The van der Waals surface area contributed by atoms with Crippen molar-refractivity contribution in [1.82, 2.24) is 14.5 Å². The fourth-order valence-corrected chi connectivity index (χ4v) is 3.66. The van der Waals surface area contributed by atoms with Gasteiger partial charge in [-0.05, 0) is 51.1 Å². The van der Waals surface area contributed by atoms with Gasteiger partial charge in [-0.15, -0.1) is 5.10 Å². The van der Waals surface area contributed by atoms with E-state index in [0.29, 0.717) is 29.5 Å². The van der Waals surface area contributed by atoms with E-state index in [4.69, 9.17) is 22.1 Å². The molecule has 0 atom stereocenters. The average molecular weight is 400 g/mol. The third-order valence-corrected chi connectivity index (χ3v) is 5.36. The zero-order valence-corrected chi connectivity index (χ0v) is 16.4. The summed E-state index contributed by atoms with van der Waals surface area (Å²) in [4.78, 5) is 19.0. The summed E-state index contributed by atoms with van der Waals surface area (Å²) in [6.45, 7) is 5.30. The van der Waals surface area contributed by atoms with Crippen molar-refractivity contribution in [3.8, 4) is 5.88 Å². The smallest absolute Gasteiger partial charge is 0.260 e. The molecule has 0 saturated carbocycles. The molecule has 2 aromatic rings. The van der Waals surface area contributed by atoms with Crippen molar-refractivity contribution in [1.29, 1.82) is 0 Å². The number of likely N-dealkylation sites (tertiary alicyclic amines) is 1. The Morgan fingerprint density at radius 1 is 1.32 bits per heavy atom. The van der Waals surface area contributed by atoms with Crippen LogP contribution in [0.3, 0.4) is 0 Å². The maximum absolute atomic E-state index is 12.0. The van der Waals surface area contributed by atoms with Gasteiger partial charge in [-0.3, -0.25) is 9.69 Å². The summed E-state index contributed by atoms with van der Waals surface area (Å²) >= 11 is 6.09. The van der Waals surface area contributed by atoms with Crippen molar-refractivity contribution < 1.29 is 9.53 Å². The highest BCUT2D eigenvalue weighted by molar-refractivity contribution is 6.49. The number of hydrogen-bond acceptors (Lipinski definition) is 6. The molecule has 0 aromatic carbocycles. The van der Waals surface area contributed by atoms with Crippen LogP contribution in [-0.2, 0) is 4.79 Å². The summed E-state index contributed by atoms with van der Waals surface area (Å²) in [6.07, 6.45) is 5.96. The molecule has 0 spiro atoms. The molecule has 1 fully saturated rings. The van der Waals surface area contributed by atoms with Crippen LogP contribution in [0.25, 0.3) is 5.52 Å². The van der Waals surface area contributed by atoms with Gasteiger partial charge in [0.1, 0.15) is 11.6 Å². The standard InChI is InChI=1S/C20H22ClN5O2/c1-13-12-14(17(22)16(21)19(13)27)23-18-15-6-2-3-9-26(15)24-20(18)28-11-10-25-7-4-5-8-25/h2-3,6,9,12H,4-5,7-8,10-11,22H2,1H3/b23-14+. The van der Waals surface area contributed by atoms with Gasteiger partial charge >= 0.3 is 0 Å². The Labute approximate surface area is 168 Å². The molecule has 1 aliphatic heterocycles. The summed E-state index contributed by atoms with van der Waals surface area (Å²) in [5, 5.41) is 4.50. The van der Waals surface area contributed by atoms with E-state index in [1.807, 2.05) is 24.4 Å². The Morgan fingerprint density at radius 2 is 2.11 bits per heavy atom. The number of carbonyl (C=O) groups is 1. The number of fused-ring (bicyclic) bond motifs is 1. The van der Waals surface area contributed by atoms with Crippen LogP contribution in [0.4, 0.5) is 5.69 Å². The van der Waals surface area contributed by atoms with Crippen molar-refractivity contribution in [2.45, 2.75) is 19.8 Å². The molecule has 4 rings (SSSR count). The number of nitrogens with two attached hydrogens (primary N) is 1. The number of allylic oxidation sites excluding steroid dienone is 3. The van der Waals surface area contributed by atoms with Crippen LogP contribution < -0.4 is 10.5 Å². The number of hydrogen-bond donors (Lipinski definition) is 1. The minimum atomic E-state index is -0.278. The second-order valence-corrected chi connectivity index (χ2v) is 7.34. The fraction of sp³-hybridized carbons (Fsp3) is 0.350. The van der Waals surface area contributed by atoms with Crippen LogP contribution >= 0.6 is 11.6 Å². The number of ether oxygens (including phenoxy) is 1. The highest BCUT2D eigenvalue weighted by atomic mass is 35.5. The molecule has 0 bridgehead atoms. The second-order valence-electron chi connectivity index (χ2n) is 6.96. The number of aliphatic imine (C=N–C) groups is 1. The van der Waals surface area contributed by atoms with Gasteiger partial charge in [0.2, 0.25) is 5.78 Å². The number of ketones is 1. The summed E-state index contributed by atoms with van der Waals surface area (Å²) in [6, 6.07) is 5.71. The molecule has 8 heteroatoms. The SMILES string of the molecule is CC1=C/C(=N\c2c(OCCN3CCCC3)nn3ccccc23)C(N)=C(Cl)C1=O. The van der Waals surface area contributed by atoms with Crippen LogP contribution in [0.15, 0.2) is 51.8 Å². The quantitative estimate of drug-likeness (QED) is 0.781. The molecule has 28 heavy (non-hydrogen) atoms. The average Bonchev–Trinajstić information content (AvgIpc) is 3.33. The zero-order chi connectivity index (χ0) is 19.7. The number of halogens is 1. The molecule has 1 saturated heterocycles. The first kappa shape index (κ1) is 18.7. The normalized spacial score (nSPS) is 19.7. The topological polar surface area (TPSA) is 85.2 Å². The molecule has 2 aromatic heterocycles. The Hall–Kier alpha value is -2.64. The first-order valence-electron chi connectivity index (χ1n) is 9.34. The van der Waals surface area contributed by atoms with Crippen molar-refractivity contribution in [2.75, 3.05) is 26.2 Å². The van der Waals surface area contributed by atoms with Gasteiger partial charge in [-0.2, -0.15) is 0 Å². The van der Waals surface area contributed by atoms with E-state index in [1.54, 1.807) is 17.5 Å². The van der Waals surface area contributed by atoms with E-state index >= 15 is 0 Å². The maximum atomic E-state index is 12.0. The van der Waals surface area contributed by atoms with Gasteiger partial charge in [-0.1, -0.05) is 17.7 Å². The fourth-order valence-electron chi connectivity index (χ4n) is 3.41. The molecule has 3 heterocycles. The molecule has 7 nitrogen and oxygen atoms in total. The number of Topliss-reactive ketones (excluding diaryl/α,β-unsaturated/α-hetero) is 1. The molecule has 2 aliphatic rings. The minimum absolute atomic E-state index is 0.00766. The molecule has 0 unspecified atom stereocenters. The monoisotopic (exact) mass is 399 g/mol. The van der Waals surface area contributed by atoms with E-state index in [2.05, 4.69) is 15.0 Å². The van der Waals surface area contributed by atoms with Crippen LogP contribution in [0.2, 0.25) is 0 Å². The van der Waals surface area contributed by atoms with E-state index < -0.39 is 0 Å². The third kappa shape index (κ3) is 3.55. The number of nitrogens with zero attached hydrogens (tertiary/aromatic N) is 4. The van der Waals surface area contributed by atoms with Crippen LogP contribution in [0, 0.1) is 0 Å². The van der Waals surface area contributed by atoms with Gasteiger partial charge in [0.25, 0.3) is 5.88 Å². The van der Waals surface area contributed by atoms with Gasteiger partial charge < -0.3 is 10.5 Å². The Balaban J connectivity index is 1.68. The van der Waals surface area contributed by atoms with E-state index in [0.717, 1.165) is 25.2 Å². The molecule has 0 radical (unpaired) electrons. The lowest BCUT2D eigenvalue weighted by Gasteiger charge is -2.14. The Morgan fingerprint density at radius 3 is 2.89 bits per heavy atom. The molecule has 2 N–H and O–H groups in total. The van der Waals surface area contributed by atoms with Gasteiger partial charge in [0.15, 0.2) is 5.69 Å².